The topological polar surface area (TPSA) is 103 Å². The quantitative estimate of drug-likeness (QED) is 0.818. The zero-order valence-corrected chi connectivity index (χ0v) is 12.8. The predicted octanol–water partition coefficient (Wildman–Crippen LogP) is 0.774. The minimum atomic E-state index is -4.91. The molecule has 3 N–H and O–H groups in total. The van der Waals surface area contributed by atoms with Crippen LogP contribution in [0.15, 0.2) is 29.1 Å². The molecule has 2 aromatic rings. The van der Waals surface area contributed by atoms with Crippen molar-refractivity contribution < 1.29 is 23.1 Å². The van der Waals surface area contributed by atoms with Crippen LogP contribution in [0.5, 0.6) is 0 Å². The summed E-state index contributed by atoms with van der Waals surface area (Å²) in [6.45, 7) is -1.67. The van der Waals surface area contributed by atoms with Crippen molar-refractivity contribution in [2.75, 3.05) is 0 Å². The van der Waals surface area contributed by atoms with Crippen LogP contribution in [0.2, 0.25) is 5.02 Å². The molecule has 1 aromatic carbocycles. The summed E-state index contributed by atoms with van der Waals surface area (Å²) in [6.07, 6.45) is -7.69. The highest BCUT2D eigenvalue weighted by molar-refractivity contribution is 6.30. The van der Waals surface area contributed by atoms with Crippen LogP contribution in [0.1, 0.15) is 0 Å². The maximum Gasteiger partial charge on any atom is 0.416 e. The summed E-state index contributed by atoms with van der Waals surface area (Å²) in [4.78, 5) is 23.1. The van der Waals surface area contributed by atoms with E-state index in [9.17, 15) is 27.9 Å². The maximum absolute atomic E-state index is 12.6. The van der Waals surface area contributed by atoms with E-state index in [1.807, 2.05) is 0 Å². The maximum atomic E-state index is 12.6. The Kier molecular flexibility index (Phi) is 4.99. The summed E-state index contributed by atoms with van der Waals surface area (Å²) in [5.41, 5.74) is 4.28. The van der Waals surface area contributed by atoms with Gasteiger partial charge in [0.15, 0.2) is 11.9 Å². The number of carbonyl (C=O) groups is 1. The number of aromatic nitrogens is 3. The standard InChI is InChI=1S/C13H12ClF3N4O3/c14-8-3-1-7(2-4-8)11-19-21(6-10(18)23)12(24)20(11)5-9(22)13(15,16)17/h1-4,9,22H,5-6H2,(H2,18,23). The van der Waals surface area contributed by atoms with Crippen molar-refractivity contribution in [2.24, 2.45) is 5.73 Å². The van der Waals surface area contributed by atoms with Gasteiger partial charge >= 0.3 is 11.9 Å². The van der Waals surface area contributed by atoms with E-state index in [-0.39, 0.29) is 11.4 Å². The average Bonchev–Trinajstić information content (AvgIpc) is 2.76. The Morgan fingerprint density at radius 1 is 1.33 bits per heavy atom. The number of hydrogen-bond acceptors (Lipinski definition) is 4. The molecule has 11 heteroatoms. The molecule has 0 fully saturated rings. The van der Waals surface area contributed by atoms with E-state index >= 15 is 0 Å². The van der Waals surface area contributed by atoms with Crippen LogP contribution in [-0.2, 0) is 17.9 Å². The molecule has 1 amide bonds. The van der Waals surface area contributed by atoms with E-state index in [0.717, 1.165) is 0 Å². The number of alkyl halides is 3. The number of halogens is 4. The van der Waals surface area contributed by atoms with Crippen LogP contribution in [0.25, 0.3) is 11.4 Å². The van der Waals surface area contributed by atoms with Gasteiger partial charge < -0.3 is 10.8 Å². The van der Waals surface area contributed by atoms with Gasteiger partial charge in [0, 0.05) is 10.6 Å². The van der Waals surface area contributed by atoms with Gasteiger partial charge in [0.2, 0.25) is 5.91 Å². The molecule has 0 spiro atoms. The highest BCUT2D eigenvalue weighted by atomic mass is 35.5. The lowest BCUT2D eigenvalue weighted by atomic mass is 10.2. The molecule has 7 nitrogen and oxygen atoms in total. The molecule has 130 valence electrons. The Hall–Kier alpha value is -2.33. The van der Waals surface area contributed by atoms with E-state index < -0.39 is 37.0 Å². The Bertz CT molecular complexity index is 798. The zero-order valence-electron chi connectivity index (χ0n) is 12.0. The van der Waals surface area contributed by atoms with Crippen molar-refractivity contribution in [1.82, 2.24) is 14.3 Å². The highest BCUT2D eigenvalue weighted by Gasteiger charge is 2.39. The van der Waals surface area contributed by atoms with Gasteiger partial charge in [0.1, 0.15) is 6.54 Å². The van der Waals surface area contributed by atoms with Crippen LogP contribution < -0.4 is 11.4 Å². The van der Waals surface area contributed by atoms with Gasteiger partial charge in [-0.1, -0.05) is 11.6 Å². The first-order valence-electron chi connectivity index (χ1n) is 6.56. The number of primary amides is 1. The second-order valence-corrected chi connectivity index (χ2v) is 5.34. The second kappa shape index (κ2) is 6.65. The number of aliphatic hydroxyl groups is 1. The first-order valence-corrected chi connectivity index (χ1v) is 6.94. The number of nitrogens with zero attached hydrogens (tertiary/aromatic N) is 3. The Labute approximate surface area is 138 Å². The van der Waals surface area contributed by atoms with Crippen molar-refractivity contribution in [3.05, 3.63) is 39.8 Å². The SMILES string of the molecule is NC(=O)Cn1nc(-c2ccc(Cl)cc2)n(CC(O)C(F)(F)F)c1=O. The fourth-order valence-corrected chi connectivity index (χ4v) is 2.07. The van der Waals surface area contributed by atoms with E-state index in [2.05, 4.69) is 5.10 Å². The van der Waals surface area contributed by atoms with Gasteiger partial charge in [0.25, 0.3) is 0 Å². The molecule has 1 atom stereocenters. The normalized spacial score (nSPS) is 13.0. The molecular weight excluding hydrogens is 353 g/mol. The van der Waals surface area contributed by atoms with Crippen molar-refractivity contribution in [2.45, 2.75) is 25.4 Å². The minimum absolute atomic E-state index is 0.152. The summed E-state index contributed by atoms with van der Waals surface area (Å²) in [7, 11) is 0. The van der Waals surface area contributed by atoms with Gasteiger partial charge in [-0.2, -0.15) is 13.2 Å². The molecule has 24 heavy (non-hydrogen) atoms. The summed E-state index contributed by atoms with van der Waals surface area (Å²) < 4.78 is 39.0. The molecule has 0 bridgehead atoms. The van der Waals surface area contributed by atoms with Crippen molar-refractivity contribution in [3.8, 4) is 11.4 Å². The number of amides is 1. The van der Waals surface area contributed by atoms with Crippen LogP contribution in [-0.4, -0.2) is 37.6 Å². The summed E-state index contributed by atoms with van der Waals surface area (Å²) in [5.74, 6) is -1.04. The van der Waals surface area contributed by atoms with Crippen LogP contribution in [0.4, 0.5) is 13.2 Å². The fraction of sp³-hybridized carbons (Fsp3) is 0.308. The predicted molar refractivity (Wildman–Crippen MR) is 78.2 cm³/mol. The Morgan fingerprint density at radius 3 is 2.42 bits per heavy atom. The molecule has 0 aliphatic rings. The van der Waals surface area contributed by atoms with Crippen molar-refractivity contribution in [1.29, 1.82) is 0 Å². The average molecular weight is 365 g/mol. The molecule has 2 rings (SSSR count). The molecular formula is C13H12ClF3N4O3. The number of aliphatic hydroxyl groups excluding tert-OH is 1. The third-order valence-corrected chi connectivity index (χ3v) is 3.32. The molecule has 0 saturated heterocycles. The van der Waals surface area contributed by atoms with Crippen LogP contribution >= 0.6 is 11.6 Å². The fourth-order valence-electron chi connectivity index (χ4n) is 1.95. The highest BCUT2D eigenvalue weighted by Crippen LogP contribution is 2.23. The van der Waals surface area contributed by atoms with Crippen molar-refractivity contribution in [3.63, 3.8) is 0 Å². The lowest BCUT2D eigenvalue weighted by Gasteiger charge is -2.15. The summed E-state index contributed by atoms with van der Waals surface area (Å²) >= 11 is 5.74. The number of hydrogen-bond donors (Lipinski definition) is 2. The third-order valence-electron chi connectivity index (χ3n) is 3.06. The largest absolute Gasteiger partial charge is 0.416 e. The molecule has 0 radical (unpaired) electrons. The first kappa shape index (κ1) is 18.0. The lowest BCUT2D eigenvalue weighted by molar-refractivity contribution is -0.207. The number of rotatable bonds is 5. The molecule has 1 heterocycles. The second-order valence-electron chi connectivity index (χ2n) is 4.91. The number of carbonyl (C=O) groups excluding carboxylic acids is 1. The third kappa shape index (κ3) is 3.95. The van der Waals surface area contributed by atoms with Gasteiger partial charge in [-0.3, -0.25) is 9.36 Å². The van der Waals surface area contributed by atoms with E-state index in [4.69, 9.17) is 17.3 Å². The molecule has 0 aliphatic carbocycles. The van der Waals surface area contributed by atoms with Gasteiger partial charge in [0.05, 0.1) is 6.54 Å². The first-order chi connectivity index (χ1) is 11.1. The van der Waals surface area contributed by atoms with Crippen LogP contribution in [0.3, 0.4) is 0 Å². The zero-order chi connectivity index (χ0) is 18.1. The molecule has 1 unspecified atom stereocenters. The van der Waals surface area contributed by atoms with Gasteiger partial charge in [-0.15, -0.1) is 5.10 Å². The number of benzene rings is 1. The van der Waals surface area contributed by atoms with Gasteiger partial charge in [-0.25, -0.2) is 9.48 Å². The van der Waals surface area contributed by atoms with Crippen molar-refractivity contribution >= 4 is 17.5 Å². The number of nitrogens with two attached hydrogens (primary N) is 1. The molecule has 0 saturated carbocycles. The minimum Gasteiger partial charge on any atom is -0.382 e. The summed E-state index contributed by atoms with van der Waals surface area (Å²) in [5, 5.41) is 13.4. The van der Waals surface area contributed by atoms with E-state index in [1.54, 1.807) is 0 Å². The van der Waals surface area contributed by atoms with Crippen LogP contribution in [0, 0.1) is 0 Å². The molecule has 0 aliphatic heterocycles. The summed E-state index contributed by atoms with van der Waals surface area (Å²) in [6, 6.07) is 5.79. The monoisotopic (exact) mass is 364 g/mol. The van der Waals surface area contributed by atoms with Gasteiger partial charge in [-0.05, 0) is 24.3 Å². The lowest BCUT2D eigenvalue weighted by Crippen LogP contribution is -2.38. The molecule has 1 aromatic heterocycles. The Balaban J connectivity index is 2.53. The Morgan fingerprint density at radius 2 is 1.92 bits per heavy atom. The van der Waals surface area contributed by atoms with E-state index in [1.165, 1.54) is 24.3 Å². The van der Waals surface area contributed by atoms with E-state index in [0.29, 0.717) is 14.3 Å². The smallest absolute Gasteiger partial charge is 0.382 e.